The van der Waals surface area contributed by atoms with E-state index in [-0.39, 0.29) is 22.5 Å². The van der Waals surface area contributed by atoms with E-state index in [2.05, 4.69) is 30.3 Å². The maximum Gasteiger partial charge on any atom is 0.343 e. The van der Waals surface area contributed by atoms with Crippen molar-refractivity contribution in [2.45, 2.75) is 41.1 Å². The predicted molar refractivity (Wildman–Crippen MR) is 133 cm³/mol. The summed E-state index contributed by atoms with van der Waals surface area (Å²) in [5.74, 6) is 0.835. The van der Waals surface area contributed by atoms with Gasteiger partial charge in [-0.15, -0.1) is 0 Å². The summed E-state index contributed by atoms with van der Waals surface area (Å²) in [5, 5.41) is 0. The Hall–Kier alpha value is -3.50. The summed E-state index contributed by atoms with van der Waals surface area (Å²) < 4.78 is 11.5. The number of carbonyl (C=O) groups is 1. The molecule has 0 aliphatic carbocycles. The van der Waals surface area contributed by atoms with E-state index in [1.807, 2.05) is 81.4 Å². The van der Waals surface area contributed by atoms with Gasteiger partial charge in [0.2, 0.25) is 0 Å². The molecule has 0 amide bonds. The molecule has 4 aromatic rings. The molecule has 0 bridgehead atoms. The van der Waals surface area contributed by atoms with Crippen molar-refractivity contribution in [1.82, 2.24) is 0 Å². The number of hydrogen-bond acceptors (Lipinski definition) is 3. The number of hydrogen-bond donors (Lipinski definition) is 0. The van der Waals surface area contributed by atoms with E-state index in [9.17, 15) is 4.79 Å². The fraction of sp³-hybridized carbons (Fsp3) is 0.138. The van der Waals surface area contributed by atoms with Gasteiger partial charge in [-0.05, 0) is 81.4 Å². The van der Waals surface area contributed by atoms with E-state index in [0.29, 0.717) is 11.3 Å². The molecule has 0 fully saturated rings. The van der Waals surface area contributed by atoms with Crippen LogP contribution in [0.4, 0.5) is 0 Å². The van der Waals surface area contributed by atoms with Crippen LogP contribution in [-0.2, 0) is 10.9 Å². The Labute approximate surface area is 198 Å². The minimum atomic E-state index is -0.383. The Balaban J connectivity index is 1.58. The Kier molecular flexibility index (Phi) is 6.85. The average Bonchev–Trinajstić information content (AvgIpc) is 2.81. The first-order valence-electron chi connectivity index (χ1n) is 10.8. The lowest BCUT2D eigenvalue weighted by molar-refractivity contribution is 0.0733. The van der Waals surface area contributed by atoms with Gasteiger partial charge >= 0.3 is 5.97 Å². The molecule has 0 spiro atoms. The second kappa shape index (κ2) is 9.97. The molecule has 0 unspecified atom stereocenters. The van der Waals surface area contributed by atoms with E-state index in [1.54, 1.807) is 18.2 Å². The lowest BCUT2D eigenvalue weighted by atomic mass is 10.2. The van der Waals surface area contributed by atoms with Crippen molar-refractivity contribution in [3.63, 3.8) is 0 Å². The van der Waals surface area contributed by atoms with Gasteiger partial charge in [-0.1, -0.05) is 42.5 Å². The lowest BCUT2D eigenvalue weighted by Crippen LogP contribution is -2.22. The van der Waals surface area contributed by atoms with Gasteiger partial charge in [-0.25, -0.2) is 4.79 Å². The molecular weight excluding hydrogens is 428 g/mol. The maximum absolute atomic E-state index is 12.9. The molecule has 0 atom stereocenters. The number of ether oxygens (including phenoxy) is 2. The summed E-state index contributed by atoms with van der Waals surface area (Å²) in [6.45, 7) is 5.98. The molecule has 33 heavy (non-hydrogen) atoms. The van der Waals surface area contributed by atoms with E-state index in [4.69, 9.17) is 9.47 Å². The van der Waals surface area contributed by atoms with Crippen molar-refractivity contribution in [2.24, 2.45) is 0 Å². The standard InChI is InChI=1S/C29H27O3S/c1-29(2,3)32-24-19-17-23(18-20-24)31-28(30)22-11-10-16-27(21-22)33(25-12-6-4-7-13-25)26-14-8-5-9-15-26/h4-21H,1-3H3/q+1. The Bertz CT molecular complexity index is 1160. The zero-order chi connectivity index (χ0) is 23.3. The summed E-state index contributed by atoms with van der Waals surface area (Å²) >= 11 is 0. The summed E-state index contributed by atoms with van der Waals surface area (Å²) in [6, 6.07) is 35.6. The van der Waals surface area contributed by atoms with Crippen LogP contribution in [0, 0.1) is 0 Å². The van der Waals surface area contributed by atoms with Crippen LogP contribution >= 0.6 is 0 Å². The topological polar surface area (TPSA) is 35.5 Å². The van der Waals surface area contributed by atoms with Gasteiger partial charge in [-0.2, -0.15) is 0 Å². The Morgan fingerprint density at radius 1 is 0.636 bits per heavy atom. The van der Waals surface area contributed by atoms with Crippen molar-refractivity contribution in [2.75, 3.05) is 0 Å². The summed E-state index contributed by atoms with van der Waals surface area (Å²) in [4.78, 5) is 16.4. The van der Waals surface area contributed by atoms with Crippen LogP contribution in [0.2, 0.25) is 0 Å². The molecule has 0 aromatic heterocycles. The number of esters is 1. The van der Waals surface area contributed by atoms with E-state index >= 15 is 0 Å². The van der Waals surface area contributed by atoms with Crippen LogP contribution in [0.1, 0.15) is 31.1 Å². The van der Waals surface area contributed by atoms with Gasteiger partial charge in [0.05, 0.1) is 16.5 Å². The summed E-state index contributed by atoms with van der Waals surface area (Å²) in [5.41, 5.74) is 0.236. The van der Waals surface area contributed by atoms with Crippen molar-refractivity contribution in [1.29, 1.82) is 0 Å². The molecule has 4 aromatic carbocycles. The molecule has 0 saturated heterocycles. The first-order chi connectivity index (χ1) is 15.9. The lowest BCUT2D eigenvalue weighted by Gasteiger charge is -2.21. The second-order valence-electron chi connectivity index (χ2n) is 8.54. The minimum Gasteiger partial charge on any atom is -0.488 e. The highest BCUT2D eigenvalue weighted by Gasteiger charge is 2.29. The molecule has 4 rings (SSSR count). The van der Waals surface area contributed by atoms with Gasteiger partial charge in [0.25, 0.3) is 0 Å². The SMILES string of the molecule is CC(C)(C)Oc1ccc(OC(=O)c2cccc([S+](c3ccccc3)c3ccccc3)c2)cc1. The molecular formula is C29H27O3S+. The van der Waals surface area contributed by atoms with E-state index < -0.39 is 0 Å². The monoisotopic (exact) mass is 455 g/mol. The molecule has 0 radical (unpaired) electrons. The van der Waals surface area contributed by atoms with Crippen LogP contribution in [0.25, 0.3) is 0 Å². The number of rotatable bonds is 6. The Morgan fingerprint density at radius 2 is 1.15 bits per heavy atom. The maximum atomic E-state index is 12.9. The molecule has 0 heterocycles. The average molecular weight is 456 g/mol. The van der Waals surface area contributed by atoms with Gasteiger partial charge in [-0.3, -0.25) is 0 Å². The molecule has 0 N–H and O–H groups in total. The minimum absolute atomic E-state index is 0.284. The van der Waals surface area contributed by atoms with Crippen molar-refractivity contribution < 1.29 is 14.3 Å². The van der Waals surface area contributed by atoms with E-state index in [1.165, 1.54) is 9.79 Å². The van der Waals surface area contributed by atoms with Gasteiger partial charge in [0.1, 0.15) is 17.1 Å². The molecule has 4 heteroatoms. The third kappa shape index (κ3) is 6.05. The smallest absolute Gasteiger partial charge is 0.343 e. The predicted octanol–water partition coefficient (Wildman–Crippen LogP) is 7.18. The van der Waals surface area contributed by atoms with E-state index in [0.717, 1.165) is 10.6 Å². The fourth-order valence-corrected chi connectivity index (χ4v) is 5.50. The number of carbonyl (C=O) groups excluding carboxylic acids is 1. The van der Waals surface area contributed by atoms with Gasteiger partial charge in [0, 0.05) is 6.07 Å². The normalized spacial score (nSPS) is 11.3. The summed E-state index contributed by atoms with van der Waals surface area (Å²) in [7, 11) is -0.325. The van der Waals surface area contributed by atoms with Crippen LogP contribution < -0.4 is 9.47 Å². The fourth-order valence-electron chi connectivity index (χ4n) is 3.37. The highest BCUT2D eigenvalue weighted by atomic mass is 32.2. The highest BCUT2D eigenvalue weighted by Crippen LogP contribution is 2.31. The molecule has 0 saturated carbocycles. The van der Waals surface area contributed by atoms with Crippen LogP contribution in [0.15, 0.2) is 124 Å². The largest absolute Gasteiger partial charge is 0.488 e. The van der Waals surface area contributed by atoms with Gasteiger partial charge < -0.3 is 9.47 Å². The zero-order valence-electron chi connectivity index (χ0n) is 19.0. The third-order valence-corrected chi connectivity index (χ3v) is 6.93. The first kappa shape index (κ1) is 22.7. The zero-order valence-corrected chi connectivity index (χ0v) is 19.8. The van der Waals surface area contributed by atoms with Crippen LogP contribution in [0.3, 0.4) is 0 Å². The number of benzene rings is 4. The van der Waals surface area contributed by atoms with Crippen molar-refractivity contribution in [3.8, 4) is 11.5 Å². The van der Waals surface area contributed by atoms with Crippen LogP contribution in [0.5, 0.6) is 11.5 Å². The van der Waals surface area contributed by atoms with Crippen molar-refractivity contribution in [3.05, 3.63) is 115 Å². The van der Waals surface area contributed by atoms with Gasteiger partial charge in [0.15, 0.2) is 14.7 Å². The molecule has 0 aliphatic heterocycles. The molecule has 166 valence electrons. The quantitative estimate of drug-likeness (QED) is 0.175. The highest BCUT2D eigenvalue weighted by molar-refractivity contribution is 7.97. The van der Waals surface area contributed by atoms with Crippen LogP contribution in [-0.4, -0.2) is 11.6 Å². The second-order valence-corrected chi connectivity index (χ2v) is 10.6. The summed E-state index contributed by atoms with van der Waals surface area (Å²) in [6.07, 6.45) is 0. The molecule has 3 nitrogen and oxygen atoms in total. The third-order valence-electron chi connectivity index (χ3n) is 4.72. The Morgan fingerprint density at radius 3 is 1.70 bits per heavy atom. The molecule has 0 aliphatic rings. The first-order valence-corrected chi connectivity index (χ1v) is 12.1. The van der Waals surface area contributed by atoms with Crippen molar-refractivity contribution >= 4 is 16.9 Å².